The number of aromatic nitrogens is 6. The molecule has 0 saturated carbocycles. The summed E-state index contributed by atoms with van der Waals surface area (Å²) in [5.74, 6) is -4.13. The largest absolute Gasteiger partial charge is 1.00 e. The number of fused-ring (bicyclic) bond motifs is 1. The Morgan fingerprint density at radius 3 is 2.57 bits per heavy atom. The van der Waals surface area contributed by atoms with Crippen molar-refractivity contribution in [3.05, 3.63) is 74.2 Å². The number of halogens is 2. The molecule has 1 aromatic carbocycles. The van der Waals surface area contributed by atoms with E-state index in [4.69, 9.17) is 33.8 Å². The average molecular weight is 827 g/mol. The van der Waals surface area contributed by atoms with Gasteiger partial charge in [-0.3, -0.25) is 29.6 Å². The summed E-state index contributed by atoms with van der Waals surface area (Å²) in [6, 6.07) is 4.95. The quantitative estimate of drug-likeness (QED) is 0.0232. The number of nitrogens with two attached hydrogens (primary N) is 1. The summed E-state index contributed by atoms with van der Waals surface area (Å²) in [6.45, 7) is 2.77. The second-order valence-corrected chi connectivity index (χ2v) is 15.0. The van der Waals surface area contributed by atoms with Crippen LogP contribution in [0.25, 0.3) is 5.70 Å². The number of aliphatic carboxylic acids is 1. The van der Waals surface area contributed by atoms with Gasteiger partial charge in [0.05, 0.1) is 28.1 Å². The van der Waals surface area contributed by atoms with Crippen molar-refractivity contribution >= 4 is 86.5 Å². The number of carbonyl (C=O) groups is 4. The first-order valence-corrected chi connectivity index (χ1v) is 17.8. The monoisotopic (exact) mass is 825 g/mol. The molecule has 0 radical (unpaired) electrons. The van der Waals surface area contributed by atoms with E-state index in [0.29, 0.717) is 18.0 Å². The summed E-state index contributed by atoms with van der Waals surface area (Å²) in [7, 11) is 0. The number of thiazole rings is 1. The van der Waals surface area contributed by atoms with E-state index >= 15 is 0 Å². The maximum absolute atomic E-state index is 13.7. The van der Waals surface area contributed by atoms with Crippen LogP contribution in [0.4, 0.5) is 5.13 Å². The van der Waals surface area contributed by atoms with Crippen molar-refractivity contribution in [2.75, 3.05) is 11.5 Å². The third kappa shape index (κ3) is 8.26. The van der Waals surface area contributed by atoms with Crippen LogP contribution >= 0.6 is 46.3 Å². The fourth-order valence-corrected chi connectivity index (χ4v) is 7.57. The summed E-state index contributed by atoms with van der Waals surface area (Å²) in [5, 5.41) is 54.2. The predicted molar refractivity (Wildman–Crippen MR) is 186 cm³/mol. The van der Waals surface area contributed by atoms with Gasteiger partial charge in [-0.25, -0.2) is 9.55 Å². The summed E-state index contributed by atoms with van der Waals surface area (Å²) in [4.78, 5) is 61.9. The number of hydrogen-bond donors (Lipinski definition) is 5. The van der Waals surface area contributed by atoms with Gasteiger partial charge in [-0.05, 0) is 31.5 Å². The molecule has 6 rings (SSSR count). The number of anilines is 1. The number of amides is 3. The molecule has 0 bridgehead atoms. The Balaban J connectivity index is 0.00000561. The average Bonchev–Trinajstić information content (AvgIpc) is 3.78. The first-order chi connectivity index (χ1) is 25.2. The minimum absolute atomic E-state index is 0. The minimum atomic E-state index is -1.93. The fraction of sp³-hybridized carbons (Fsp3) is 0.267. The van der Waals surface area contributed by atoms with Gasteiger partial charge in [0.15, 0.2) is 46.9 Å². The molecule has 4 aromatic rings. The standard InChI is InChI=1S/C30H27Cl2N11O8S2.Na/c1-30(2,28(49)50)51-39-18(17-22(32)53-29(33)36-17)25(47)35-19-26(48)43-20(23-37-40-41-38-23)13(11-52-27(19)43)10-42-7-5-12(6-8-42)9-34-24(46)14-3-4-15(44)21(45)16(14)31;/h3-8,19,27H,9-11H2,1-2H3,(H7-,33,34,35,36,37,38,39,40,41,44,45,46,47,49,50);/q;+1/p-1/t19-,27-;/m1./s1. The molecule has 5 heterocycles. The van der Waals surface area contributed by atoms with Gasteiger partial charge >= 0.3 is 29.6 Å². The van der Waals surface area contributed by atoms with E-state index in [2.05, 4.69) is 41.4 Å². The van der Waals surface area contributed by atoms with Gasteiger partial charge in [0, 0.05) is 30.0 Å². The number of β-lactam (4-membered cyclic amide) rings is 1. The van der Waals surface area contributed by atoms with Gasteiger partial charge in [0.2, 0.25) is 0 Å². The van der Waals surface area contributed by atoms with Crippen LogP contribution in [0, 0.1) is 0 Å². The van der Waals surface area contributed by atoms with Crippen molar-refractivity contribution in [1.82, 2.24) is 41.1 Å². The third-order valence-corrected chi connectivity index (χ3v) is 10.7. The maximum Gasteiger partial charge on any atom is 1.00 e. The van der Waals surface area contributed by atoms with Crippen molar-refractivity contribution < 1.29 is 73.5 Å². The Morgan fingerprint density at radius 1 is 1.22 bits per heavy atom. The molecular weight excluding hydrogens is 800 g/mol. The number of carboxylic acids is 1. The number of rotatable bonds is 12. The van der Waals surface area contributed by atoms with Crippen LogP contribution in [0.5, 0.6) is 11.5 Å². The number of carbonyl (C=O) groups excluding carboxylic acids is 4. The van der Waals surface area contributed by atoms with Gasteiger partial charge in [0.1, 0.15) is 21.4 Å². The molecule has 3 amide bonds. The molecule has 1 fully saturated rings. The summed E-state index contributed by atoms with van der Waals surface area (Å²) in [6.07, 6.45) is 3.54. The number of oxime groups is 1. The fourth-order valence-electron chi connectivity index (χ4n) is 5.06. The van der Waals surface area contributed by atoms with Crippen molar-refractivity contribution in [3.63, 3.8) is 0 Å². The Morgan fingerprint density at radius 2 is 1.94 bits per heavy atom. The number of nitrogens with one attached hydrogen (secondary N) is 2. The van der Waals surface area contributed by atoms with Crippen molar-refractivity contribution in [2.24, 2.45) is 5.16 Å². The maximum atomic E-state index is 13.7. The van der Waals surface area contributed by atoms with Gasteiger partial charge in [-0.2, -0.15) is 5.21 Å². The molecule has 2 aliphatic heterocycles. The van der Waals surface area contributed by atoms with Gasteiger partial charge in [-0.15, -0.1) is 11.8 Å². The molecule has 24 heteroatoms. The zero-order valence-corrected chi connectivity index (χ0v) is 33.5. The minimum Gasteiger partial charge on any atom is -0.546 e. The molecular formula is C30H26Cl2N11NaO8S2. The number of aromatic hydroxyl groups is 2. The molecule has 0 spiro atoms. The van der Waals surface area contributed by atoms with Crippen LogP contribution < -0.4 is 60.7 Å². The van der Waals surface area contributed by atoms with Crippen LogP contribution in [0.1, 0.15) is 41.3 Å². The molecule has 0 aliphatic carbocycles. The van der Waals surface area contributed by atoms with E-state index in [1.165, 1.54) is 36.6 Å². The predicted octanol–water partition coefficient (Wildman–Crippen LogP) is -3.43. The van der Waals surface area contributed by atoms with Gasteiger partial charge in [0.25, 0.3) is 17.7 Å². The van der Waals surface area contributed by atoms with Crippen LogP contribution in [0.2, 0.25) is 9.36 Å². The normalized spacial score (nSPS) is 16.9. The second-order valence-electron chi connectivity index (χ2n) is 11.9. The molecule has 2 aliphatic rings. The zero-order valence-electron chi connectivity index (χ0n) is 28.3. The van der Waals surface area contributed by atoms with Gasteiger partial charge < -0.3 is 46.4 Å². The summed E-state index contributed by atoms with van der Waals surface area (Å²) < 4.78 is 1.82. The van der Waals surface area contributed by atoms with E-state index < -0.39 is 57.9 Å². The van der Waals surface area contributed by atoms with E-state index in [1.807, 2.05) is 4.57 Å². The van der Waals surface area contributed by atoms with Crippen LogP contribution in [-0.4, -0.2) is 87.8 Å². The first-order valence-electron chi connectivity index (χ1n) is 15.2. The number of tetrazole rings is 1. The Hall–Kier alpha value is -4.51. The first kappa shape index (κ1) is 40.7. The van der Waals surface area contributed by atoms with E-state index in [0.717, 1.165) is 28.5 Å². The molecule has 276 valence electrons. The van der Waals surface area contributed by atoms with E-state index in [1.54, 1.807) is 24.5 Å². The Bertz CT molecular complexity index is 2190. The molecule has 6 N–H and O–H groups in total. The summed E-state index contributed by atoms with van der Waals surface area (Å²) >= 11 is 14.4. The molecule has 0 unspecified atom stereocenters. The summed E-state index contributed by atoms with van der Waals surface area (Å²) in [5.41, 5.74) is 5.01. The Labute approximate surface area is 345 Å². The van der Waals surface area contributed by atoms with E-state index in [9.17, 15) is 34.5 Å². The number of thioether (sulfide) groups is 1. The number of nitrogen functional groups attached to an aromatic ring is 1. The molecule has 3 aromatic heterocycles. The van der Waals surface area contributed by atoms with E-state index in [-0.39, 0.29) is 67.7 Å². The van der Waals surface area contributed by atoms with Crippen molar-refractivity contribution in [2.45, 2.75) is 44.0 Å². The number of carboxylic acid groups (broad SMARTS) is 1. The van der Waals surface area contributed by atoms with Crippen molar-refractivity contribution in [3.8, 4) is 11.5 Å². The molecule has 2 atom stereocenters. The van der Waals surface area contributed by atoms with Crippen LogP contribution in [0.15, 0.2) is 47.4 Å². The number of phenolic OH excluding ortho intramolecular Hbond substituents is 2. The number of hydrogen-bond acceptors (Lipinski definition) is 16. The smallest absolute Gasteiger partial charge is 0.546 e. The van der Waals surface area contributed by atoms with Crippen LogP contribution in [-0.2, 0) is 32.3 Å². The SMILES string of the molecule is CC(C)(O/N=C(\C(=O)N[C@@H]1C(=O)N2C(c3nnn[n-]3)=C(C[n+]3ccc(CNC(=O)c4ccc(O)c(O)c4Cl)cc3)CS[C@H]12)c1nc(N)sc1Cl)C(=O)[O-].[Na+]. The molecule has 54 heavy (non-hydrogen) atoms. The number of benzene rings is 1. The number of pyridine rings is 1. The third-order valence-electron chi connectivity index (χ3n) is 7.89. The zero-order chi connectivity index (χ0) is 38.2. The topological polar surface area (TPSA) is 276 Å². The Kier molecular flexibility index (Phi) is 12.4. The van der Waals surface area contributed by atoms with Crippen LogP contribution in [0.3, 0.4) is 0 Å². The molecule has 19 nitrogen and oxygen atoms in total. The second kappa shape index (κ2) is 16.5. The number of phenols is 2. The molecule has 1 saturated heterocycles. The number of nitrogens with zero attached hydrogens (tertiary/aromatic N) is 8. The van der Waals surface area contributed by atoms with Crippen molar-refractivity contribution in [1.29, 1.82) is 0 Å². The van der Waals surface area contributed by atoms with Gasteiger partial charge in [-0.1, -0.05) is 39.7 Å².